The van der Waals surface area contributed by atoms with Gasteiger partial charge < -0.3 is 14.9 Å². The smallest absolute Gasteiger partial charge is 0.345 e. The van der Waals surface area contributed by atoms with Crippen LogP contribution in [0.4, 0.5) is 10.1 Å². The quantitative estimate of drug-likeness (QED) is 0.225. The molecule has 2 N–H and O–H groups in total. The molecule has 0 saturated heterocycles. The van der Waals surface area contributed by atoms with E-state index in [1.54, 1.807) is 12.1 Å². The summed E-state index contributed by atoms with van der Waals surface area (Å²) in [5, 5.41) is 16.6. The van der Waals surface area contributed by atoms with Crippen molar-refractivity contribution in [3.8, 4) is 22.5 Å². The fraction of sp³-hybridized carbons (Fsp3) is 0.138. The SMILES string of the molecule is Cc1ccc(-c2noc(C(C)c3ccc(-c4ccccc4)c(F)c3)n2)cc1NCc1ccc(C(=O)O)s1. The highest BCUT2D eigenvalue weighted by Gasteiger charge is 2.19. The number of aromatic carboxylic acids is 1. The molecule has 0 bridgehead atoms. The van der Waals surface area contributed by atoms with Gasteiger partial charge in [0.1, 0.15) is 10.7 Å². The molecule has 0 amide bonds. The minimum Gasteiger partial charge on any atom is -0.477 e. The minimum absolute atomic E-state index is 0.286. The van der Waals surface area contributed by atoms with Gasteiger partial charge in [0.2, 0.25) is 11.7 Å². The first-order valence-corrected chi connectivity index (χ1v) is 12.6. The third kappa shape index (κ3) is 5.29. The number of nitrogens with zero attached hydrogens (tertiary/aromatic N) is 2. The first kappa shape index (κ1) is 24.4. The number of carboxylic acid groups (broad SMARTS) is 1. The van der Waals surface area contributed by atoms with E-state index in [1.807, 2.05) is 74.5 Å². The van der Waals surface area contributed by atoms with Gasteiger partial charge in [0, 0.05) is 28.2 Å². The monoisotopic (exact) mass is 513 g/mol. The number of carbonyl (C=O) groups is 1. The molecular formula is C29H24FN3O3S. The zero-order valence-electron chi connectivity index (χ0n) is 20.2. The minimum atomic E-state index is -0.925. The molecule has 37 heavy (non-hydrogen) atoms. The van der Waals surface area contributed by atoms with Crippen LogP contribution >= 0.6 is 11.3 Å². The lowest BCUT2D eigenvalue weighted by Crippen LogP contribution is -2.00. The van der Waals surface area contributed by atoms with Crippen molar-refractivity contribution in [2.75, 3.05) is 5.32 Å². The predicted molar refractivity (Wildman–Crippen MR) is 142 cm³/mol. The van der Waals surface area contributed by atoms with Gasteiger partial charge in [-0.3, -0.25) is 0 Å². The van der Waals surface area contributed by atoms with E-state index in [-0.39, 0.29) is 11.7 Å². The Kier molecular flexibility index (Phi) is 6.83. The highest BCUT2D eigenvalue weighted by atomic mass is 32.1. The van der Waals surface area contributed by atoms with Gasteiger partial charge in [0.15, 0.2) is 0 Å². The average molecular weight is 514 g/mol. The molecule has 0 aliphatic carbocycles. The Balaban J connectivity index is 1.33. The number of aryl methyl sites for hydroxylation is 1. The van der Waals surface area contributed by atoms with E-state index in [1.165, 1.54) is 17.4 Å². The average Bonchev–Trinajstić information content (AvgIpc) is 3.59. The number of hydrogen-bond donors (Lipinski definition) is 2. The first-order chi connectivity index (χ1) is 17.9. The third-order valence-electron chi connectivity index (χ3n) is 6.21. The number of hydrogen-bond acceptors (Lipinski definition) is 6. The molecule has 5 aromatic rings. The topological polar surface area (TPSA) is 88.3 Å². The van der Waals surface area contributed by atoms with Crippen molar-refractivity contribution in [2.24, 2.45) is 0 Å². The van der Waals surface area contributed by atoms with Crippen LogP contribution < -0.4 is 5.32 Å². The Morgan fingerprint density at radius 3 is 2.59 bits per heavy atom. The maximum Gasteiger partial charge on any atom is 0.345 e. The van der Waals surface area contributed by atoms with Crippen LogP contribution in [0.5, 0.6) is 0 Å². The molecule has 2 aromatic heterocycles. The summed E-state index contributed by atoms with van der Waals surface area (Å²) < 4.78 is 20.5. The van der Waals surface area contributed by atoms with Crippen LogP contribution in [0.2, 0.25) is 0 Å². The molecule has 186 valence electrons. The van der Waals surface area contributed by atoms with Gasteiger partial charge in [-0.2, -0.15) is 4.98 Å². The largest absolute Gasteiger partial charge is 0.477 e. The molecule has 0 aliphatic rings. The normalized spacial score (nSPS) is 11.9. The Morgan fingerprint density at radius 2 is 1.86 bits per heavy atom. The van der Waals surface area contributed by atoms with Crippen LogP contribution in [0, 0.1) is 12.7 Å². The summed E-state index contributed by atoms with van der Waals surface area (Å²) in [5.74, 6) is -0.671. The zero-order valence-corrected chi connectivity index (χ0v) is 21.1. The van der Waals surface area contributed by atoms with Crippen molar-refractivity contribution >= 4 is 23.0 Å². The summed E-state index contributed by atoms with van der Waals surface area (Å²) in [6.45, 7) is 4.39. The lowest BCUT2D eigenvalue weighted by atomic mass is 9.97. The van der Waals surface area contributed by atoms with E-state index in [0.29, 0.717) is 28.7 Å². The number of benzene rings is 3. The molecular weight excluding hydrogens is 489 g/mol. The highest BCUT2D eigenvalue weighted by molar-refractivity contribution is 7.13. The van der Waals surface area contributed by atoms with Gasteiger partial charge in [0.05, 0.1) is 5.92 Å². The number of nitrogens with one attached hydrogen (secondary N) is 1. The van der Waals surface area contributed by atoms with Gasteiger partial charge in [-0.05, 0) is 54.8 Å². The van der Waals surface area contributed by atoms with Gasteiger partial charge >= 0.3 is 5.97 Å². The Labute approximate surface area is 217 Å². The summed E-state index contributed by atoms with van der Waals surface area (Å²) in [4.78, 5) is 16.9. The first-order valence-electron chi connectivity index (χ1n) is 11.7. The van der Waals surface area contributed by atoms with Gasteiger partial charge in [-0.1, -0.05) is 59.8 Å². The Morgan fingerprint density at radius 1 is 1.05 bits per heavy atom. The number of rotatable bonds is 8. The molecule has 0 saturated carbocycles. The summed E-state index contributed by atoms with van der Waals surface area (Å²) >= 11 is 1.24. The fourth-order valence-corrected chi connectivity index (χ4v) is 4.83. The Hall–Kier alpha value is -4.30. The Bertz CT molecular complexity index is 1560. The molecule has 0 radical (unpaired) electrons. The summed E-state index contributed by atoms with van der Waals surface area (Å²) in [5.41, 5.74) is 4.81. The molecule has 1 unspecified atom stereocenters. The van der Waals surface area contributed by atoms with Gasteiger partial charge in [-0.15, -0.1) is 11.3 Å². The van der Waals surface area contributed by atoms with Crippen molar-refractivity contribution in [1.29, 1.82) is 0 Å². The number of anilines is 1. The van der Waals surface area contributed by atoms with Crippen LogP contribution in [0.25, 0.3) is 22.5 Å². The van der Waals surface area contributed by atoms with Gasteiger partial charge in [-0.25, -0.2) is 9.18 Å². The molecule has 0 spiro atoms. The molecule has 2 heterocycles. The van der Waals surface area contributed by atoms with E-state index in [0.717, 1.165) is 32.8 Å². The van der Waals surface area contributed by atoms with Crippen LogP contribution in [-0.4, -0.2) is 21.2 Å². The maximum absolute atomic E-state index is 14.9. The molecule has 8 heteroatoms. The highest BCUT2D eigenvalue weighted by Crippen LogP contribution is 2.31. The van der Waals surface area contributed by atoms with E-state index < -0.39 is 5.97 Å². The fourth-order valence-electron chi connectivity index (χ4n) is 4.05. The van der Waals surface area contributed by atoms with Crippen LogP contribution in [-0.2, 0) is 6.54 Å². The summed E-state index contributed by atoms with van der Waals surface area (Å²) in [7, 11) is 0. The molecule has 6 nitrogen and oxygen atoms in total. The number of carboxylic acids is 1. The molecule has 5 rings (SSSR count). The molecule has 0 aliphatic heterocycles. The lowest BCUT2D eigenvalue weighted by molar-refractivity contribution is 0.0702. The van der Waals surface area contributed by atoms with Crippen molar-refractivity contribution < 1.29 is 18.8 Å². The van der Waals surface area contributed by atoms with E-state index in [9.17, 15) is 9.18 Å². The van der Waals surface area contributed by atoms with Crippen LogP contribution in [0.3, 0.4) is 0 Å². The number of halogens is 1. The number of aromatic nitrogens is 2. The number of thiophene rings is 1. The van der Waals surface area contributed by atoms with Crippen LogP contribution in [0.1, 0.15) is 44.4 Å². The molecule has 0 fully saturated rings. The predicted octanol–water partition coefficient (Wildman–Crippen LogP) is 7.37. The lowest BCUT2D eigenvalue weighted by Gasteiger charge is -2.10. The second-order valence-corrected chi connectivity index (χ2v) is 9.91. The van der Waals surface area contributed by atoms with Gasteiger partial charge in [0.25, 0.3) is 0 Å². The van der Waals surface area contributed by atoms with E-state index in [4.69, 9.17) is 9.63 Å². The second-order valence-electron chi connectivity index (χ2n) is 8.74. The van der Waals surface area contributed by atoms with Crippen molar-refractivity contribution in [3.05, 3.63) is 111 Å². The second kappa shape index (κ2) is 10.4. The van der Waals surface area contributed by atoms with Crippen molar-refractivity contribution in [3.63, 3.8) is 0 Å². The van der Waals surface area contributed by atoms with E-state index in [2.05, 4.69) is 15.5 Å². The zero-order chi connectivity index (χ0) is 25.9. The standard InChI is InChI=1S/C29H24FN3O3S/c1-17-8-9-21(15-25(17)31-16-22-11-13-26(37-22)29(34)35)27-32-28(36-33-27)18(2)20-10-12-23(24(30)14-20)19-6-4-3-5-7-19/h3-15,18,31H,16H2,1-2H3,(H,34,35). The molecule has 3 aromatic carbocycles. The third-order valence-corrected chi connectivity index (χ3v) is 7.28. The summed E-state index contributed by atoms with van der Waals surface area (Å²) in [6.07, 6.45) is 0. The van der Waals surface area contributed by atoms with Crippen molar-refractivity contribution in [1.82, 2.24) is 10.1 Å². The van der Waals surface area contributed by atoms with Crippen LogP contribution in [0.15, 0.2) is 83.4 Å². The summed E-state index contributed by atoms with van der Waals surface area (Å²) in [6, 6.07) is 23.8. The molecule has 1 atom stereocenters. The van der Waals surface area contributed by atoms with E-state index >= 15 is 0 Å². The maximum atomic E-state index is 14.9. The van der Waals surface area contributed by atoms with Crippen molar-refractivity contribution in [2.45, 2.75) is 26.3 Å².